The van der Waals surface area contributed by atoms with Crippen molar-refractivity contribution < 1.29 is 32.2 Å². The molecule has 0 aliphatic rings. The number of aromatic nitrogens is 2. The molecule has 23 heavy (non-hydrogen) atoms. The molecular weight excluding hydrogens is 317 g/mol. The quantitative estimate of drug-likeness (QED) is 0.807. The van der Waals surface area contributed by atoms with E-state index in [9.17, 15) is 18.0 Å². The molecule has 0 radical (unpaired) electrons. The summed E-state index contributed by atoms with van der Waals surface area (Å²) in [6, 6.07) is 4.89. The number of hydrogen-bond donors (Lipinski definition) is 0. The van der Waals surface area contributed by atoms with Gasteiger partial charge in [-0.25, -0.2) is 4.79 Å². The zero-order valence-electron chi connectivity index (χ0n) is 12.5. The number of rotatable bonds is 4. The number of benzene rings is 1. The molecule has 0 aliphatic heterocycles. The molecule has 0 saturated carbocycles. The van der Waals surface area contributed by atoms with Crippen LogP contribution in [0.5, 0.6) is 11.6 Å². The van der Waals surface area contributed by atoms with Crippen LogP contribution >= 0.6 is 0 Å². The molecule has 0 spiro atoms. The third kappa shape index (κ3) is 3.22. The van der Waals surface area contributed by atoms with Crippen LogP contribution in [0.3, 0.4) is 0 Å². The molecule has 2 aromatic rings. The Labute approximate surface area is 129 Å². The number of esters is 1. The molecule has 0 atom stereocenters. The van der Waals surface area contributed by atoms with Gasteiger partial charge in [0, 0.05) is 6.07 Å². The molecule has 0 bridgehead atoms. The van der Waals surface area contributed by atoms with Crippen molar-refractivity contribution in [2.75, 3.05) is 21.3 Å². The van der Waals surface area contributed by atoms with Gasteiger partial charge in [-0.15, -0.1) is 0 Å². The van der Waals surface area contributed by atoms with Crippen LogP contribution in [0.15, 0.2) is 24.3 Å². The molecular formula is C14H13F3N2O4. The van der Waals surface area contributed by atoms with Crippen LogP contribution in [0.25, 0.3) is 5.69 Å². The minimum Gasteiger partial charge on any atom is -0.494 e. The van der Waals surface area contributed by atoms with Crippen LogP contribution in [-0.2, 0) is 10.9 Å². The molecule has 1 aromatic carbocycles. The minimum atomic E-state index is -4.61. The van der Waals surface area contributed by atoms with E-state index >= 15 is 0 Å². The predicted octanol–water partition coefficient (Wildman–Crippen LogP) is 2.69. The van der Waals surface area contributed by atoms with Gasteiger partial charge < -0.3 is 14.2 Å². The van der Waals surface area contributed by atoms with Crippen molar-refractivity contribution in [2.24, 2.45) is 0 Å². The summed E-state index contributed by atoms with van der Waals surface area (Å²) in [5.41, 5.74) is -0.726. The van der Waals surface area contributed by atoms with Gasteiger partial charge in [0.15, 0.2) is 5.69 Å². The molecule has 1 heterocycles. The van der Waals surface area contributed by atoms with Crippen LogP contribution in [0.4, 0.5) is 13.2 Å². The molecule has 1 aromatic heterocycles. The first-order valence-electron chi connectivity index (χ1n) is 6.29. The van der Waals surface area contributed by atoms with E-state index in [0.717, 1.165) is 10.7 Å². The number of methoxy groups -OCH3 is 3. The van der Waals surface area contributed by atoms with Gasteiger partial charge in [0.25, 0.3) is 0 Å². The number of hydrogen-bond acceptors (Lipinski definition) is 5. The molecule has 0 N–H and O–H groups in total. The summed E-state index contributed by atoms with van der Waals surface area (Å²) in [6.07, 6.45) is -4.61. The van der Waals surface area contributed by atoms with Gasteiger partial charge >= 0.3 is 12.1 Å². The van der Waals surface area contributed by atoms with Gasteiger partial charge in [-0.3, -0.25) is 0 Å². The number of carbonyl (C=O) groups is 1. The predicted molar refractivity (Wildman–Crippen MR) is 73.0 cm³/mol. The summed E-state index contributed by atoms with van der Waals surface area (Å²) in [5, 5.41) is 3.50. The van der Waals surface area contributed by atoms with Crippen LogP contribution in [0.1, 0.15) is 16.1 Å². The van der Waals surface area contributed by atoms with E-state index in [0.29, 0.717) is 0 Å². The Balaban J connectivity index is 2.57. The number of nitrogens with zero attached hydrogens (tertiary/aromatic N) is 2. The van der Waals surface area contributed by atoms with E-state index in [-0.39, 0.29) is 22.9 Å². The topological polar surface area (TPSA) is 62.6 Å². The fourth-order valence-corrected chi connectivity index (χ4v) is 1.92. The van der Waals surface area contributed by atoms with Gasteiger partial charge in [0.2, 0.25) is 5.88 Å². The standard InChI is InChI=1S/C14H13F3N2O4/c1-21-10-6-8(13(20)23-3)4-5-9(10)19-12(22-2)7-11(18-19)14(15,16)17/h4-7H,1-3H3. The van der Waals surface area contributed by atoms with E-state index in [1.807, 2.05) is 0 Å². The maximum Gasteiger partial charge on any atom is 0.435 e. The van der Waals surface area contributed by atoms with Crippen LogP contribution in [0, 0.1) is 0 Å². The Bertz CT molecular complexity index is 725. The number of carbonyl (C=O) groups excluding carboxylic acids is 1. The molecule has 0 saturated heterocycles. The van der Waals surface area contributed by atoms with E-state index in [1.165, 1.54) is 39.5 Å². The molecule has 0 aliphatic carbocycles. The lowest BCUT2D eigenvalue weighted by Crippen LogP contribution is -2.09. The summed E-state index contributed by atoms with van der Waals surface area (Å²) in [4.78, 5) is 11.5. The summed E-state index contributed by atoms with van der Waals surface area (Å²) in [7, 11) is 3.76. The van der Waals surface area contributed by atoms with Crippen molar-refractivity contribution in [3.63, 3.8) is 0 Å². The first-order valence-corrected chi connectivity index (χ1v) is 6.29. The summed E-state index contributed by atoms with van der Waals surface area (Å²) < 4.78 is 54.0. The molecule has 0 fully saturated rings. The fourth-order valence-electron chi connectivity index (χ4n) is 1.92. The zero-order valence-corrected chi connectivity index (χ0v) is 12.5. The Hall–Kier alpha value is -2.71. The van der Waals surface area contributed by atoms with E-state index in [2.05, 4.69) is 9.84 Å². The normalized spacial score (nSPS) is 11.2. The number of halogens is 3. The number of ether oxygens (including phenoxy) is 3. The van der Waals surface area contributed by atoms with Gasteiger partial charge in [0.1, 0.15) is 11.4 Å². The first-order chi connectivity index (χ1) is 10.8. The summed E-state index contributed by atoms with van der Waals surface area (Å²) >= 11 is 0. The van der Waals surface area contributed by atoms with Crippen LogP contribution in [-0.4, -0.2) is 37.1 Å². The second-order valence-corrected chi connectivity index (χ2v) is 4.36. The zero-order chi connectivity index (χ0) is 17.2. The van der Waals surface area contributed by atoms with Gasteiger partial charge in [-0.2, -0.15) is 23.0 Å². The van der Waals surface area contributed by atoms with Gasteiger partial charge in [0.05, 0.1) is 26.9 Å². The maximum atomic E-state index is 12.8. The average Bonchev–Trinajstić information content (AvgIpc) is 2.97. The Kier molecular flexibility index (Phi) is 4.48. The van der Waals surface area contributed by atoms with E-state index < -0.39 is 17.8 Å². The highest BCUT2D eigenvalue weighted by Crippen LogP contribution is 2.34. The van der Waals surface area contributed by atoms with E-state index in [1.54, 1.807) is 0 Å². The SMILES string of the molecule is COC(=O)c1ccc(-n2nc(C(F)(F)F)cc2OC)c(OC)c1. The molecule has 2 rings (SSSR count). The van der Waals surface area contributed by atoms with Crippen molar-refractivity contribution in [1.29, 1.82) is 0 Å². The van der Waals surface area contributed by atoms with Crippen LogP contribution in [0.2, 0.25) is 0 Å². The second kappa shape index (κ2) is 6.19. The molecule has 6 nitrogen and oxygen atoms in total. The highest BCUT2D eigenvalue weighted by atomic mass is 19.4. The Morgan fingerprint density at radius 2 is 1.83 bits per heavy atom. The smallest absolute Gasteiger partial charge is 0.435 e. The number of alkyl halides is 3. The lowest BCUT2D eigenvalue weighted by atomic mass is 10.2. The van der Waals surface area contributed by atoms with Gasteiger partial charge in [-0.1, -0.05) is 0 Å². The van der Waals surface area contributed by atoms with Crippen molar-refractivity contribution in [2.45, 2.75) is 6.18 Å². The van der Waals surface area contributed by atoms with E-state index in [4.69, 9.17) is 9.47 Å². The van der Waals surface area contributed by atoms with Crippen molar-refractivity contribution in [3.05, 3.63) is 35.5 Å². The molecule has 0 unspecified atom stereocenters. The molecule has 9 heteroatoms. The Morgan fingerprint density at radius 1 is 1.13 bits per heavy atom. The van der Waals surface area contributed by atoms with Crippen molar-refractivity contribution in [1.82, 2.24) is 9.78 Å². The minimum absolute atomic E-state index is 0.124. The fraction of sp³-hybridized carbons (Fsp3) is 0.286. The first kappa shape index (κ1) is 16.7. The maximum absolute atomic E-state index is 12.8. The van der Waals surface area contributed by atoms with Crippen molar-refractivity contribution in [3.8, 4) is 17.3 Å². The summed E-state index contributed by atoms with van der Waals surface area (Å²) in [5.74, 6) is -0.581. The second-order valence-electron chi connectivity index (χ2n) is 4.36. The Morgan fingerprint density at radius 3 is 2.35 bits per heavy atom. The largest absolute Gasteiger partial charge is 0.494 e. The highest BCUT2D eigenvalue weighted by molar-refractivity contribution is 5.90. The molecule has 0 amide bonds. The third-order valence-corrected chi connectivity index (χ3v) is 3.01. The summed E-state index contributed by atoms with van der Waals surface area (Å²) in [6.45, 7) is 0. The molecule has 124 valence electrons. The average molecular weight is 330 g/mol. The lowest BCUT2D eigenvalue weighted by Gasteiger charge is -2.12. The highest BCUT2D eigenvalue weighted by Gasteiger charge is 2.35. The lowest BCUT2D eigenvalue weighted by molar-refractivity contribution is -0.141. The van der Waals surface area contributed by atoms with Crippen molar-refractivity contribution >= 4 is 5.97 Å². The van der Waals surface area contributed by atoms with Crippen LogP contribution < -0.4 is 9.47 Å². The monoisotopic (exact) mass is 330 g/mol. The third-order valence-electron chi connectivity index (χ3n) is 3.01. The van der Waals surface area contributed by atoms with Gasteiger partial charge in [-0.05, 0) is 18.2 Å².